The van der Waals surface area contributed by atoms with Crippen molar-refractivity contribution in [2.45, 2.75) is 97.4 Å². The Morgan fingerprint density at radius 3 is 2.24 bits per heavy atom. The van der Waals surface area contributed by atoms with E-state index in [1.54, 1.807) is 0 Å². The van der Waals surface area contributed by atoms with Crippen LogP contribution in [0.15, 0.2) is 0 Å². The maximum atomic E-state index is 3.92. The standard InChI is InChI=1S/C20H39N/c1-4-12-21-20(11-10-18-8-6-5-7-9-18)19-14-16(2)13-17(3)15-19/h16-21H,4-15H2,1-3H3. The molecule has 0 amide bonds. The zero-order valence-electron chi connectivity index (χ0n) is 14.9. The minimum Gasteiger partial charge on any atom is -0.314 e. The molecule has 21 heavy (non-hydrogen) atoms. The van der Waals surface area contributed by atoms with E-state index in [1.165, 1.54) is 77.2 Å². The van der Waals surface area contributed by atoms with E-state index in [2.05, 4.69) is 26.1 Å². The smallest absolute Gasteiger partial charge is 0.00956 e. The minimum absolute atomic E-state index is 0.803. The van der Waals surface area contributed by atoms with Gasteiger partial charge in [-0.1, -0.05) is 52.9 Å². The highest BCUT2D eigenvalue weighted by atomic mass is 14.9. The van der Waals surface area contributed by atoms with Gasteiger partial charge in [0.15, 0.2) is 0 Å². The molecular formula is C20H39N. The third-order valence-corrected chi connectivity index (χ3v) is 6.05. The molecule has 2 aliphatic carbocycles. The molecule has 0 spiro atoms. The van der Waals surface area contributed by atoms with E-state index < -0.39 is 0 Å². The molecule has 0 radical (unpaired) electrons. The Bertz CT molecular complexity index is 259. The summed E-state index contributed by atoms with van der Waals surface area (Å²) in [7, 11) is 0. The van der Waals surface area contributed by atoms with Gasteiger partial charge in [-0.2, -0.15) is 0 Å². The maximum Gasteiger partial charge on any atom is 0.00956 e. The molecule has 3 atom stereocenters. The molecule has 124 valence electrons. The Kier molecular flexibility index (Phi) is 7.57. The number of nitrogens with one attached hydrogen (secondary N) is 1. The van der Waals surface area contributed by atoms with Crippen LogP contribution in [0.4, 0.5) is 0 Å². The molecule has 0 aromatic rings. The monoisotopic (exact) mass is 293 g/mol. The van der Waals surface area contributed by atoms with Gasteiger partial charge in [0.25, 0.3) is 0 Å². The molecular weight excluding hydrogens is 254 g/mol. The molecule has 0 heterocycles. The number of hydrogen-bond donors (Lipinski definition) is 1. The topological polar surface area (TPSA) is 12.0 Å². The molecule has 0 saturated heterocycles. The van der Waals surface area contributed by atoms with Crippen LogP contribution in [-0.2, 0) is 0 Å². The summed E-state index contributed by atoms with van der Waals surface area (Å²) in [5.41, 5.74) is 0. The summed E-state index contributed by atoms with van der Waals surface area (Å²) in [6, 6.07) is 0.803. The van der Waals surface area contributed by atoms with E-state index in [0.717, 1.165) is 29.7 Å². The van der Waals surface area contributed by atoms with Crippen LogP contribution in [0, 0.1) is 23.7 Å². The van der Waals surface area contributed by atoms with Crippen molar-refractivity contribution < 1.29 is 0 Å². The van der Waals surface area contributed by atoms with E-state index in [1.807, 2.05) is 0 Å². The van der Waals surface area contributed by atoms with Crippen LogP contribution < -0.4 is 5.32 Å². The Morgan fingerprint density at radius 2 is 1.62 bits per heavy atom. The molecule has 3 unspecified atom stereocenters. The molecule has 1 heteroatoms. The van der Waals surface area contributed by atoms with Crippen LogP contribution in [0.5, 0.6) is 0 Å². The van der Waals surface area contributed by atoms with Gasteiger partial charge in [0.05, 0.1) is 0 Å². The first-order valence-corrected chi connectivity index (χ1v) is 9.92. The molecule has 2 saturated carbocycles. The third-order valence-electron chi connectivity index (χ3n) is 6.05. The van der Waals surface area contributed by atoms with E-state index >= 15 is 0 Å². The quantitative estimate of drug-likeness (QED) is 0.626. The van der Waals surface area contributed by atoms with Gasteiger partial charge in [-0.15, -0.1) is 0 Å². The summed E-state index contributed by atoms with van der Waals surface area (Å²) in [6.07, 6.45) is 16.1. The van der Waals surface area contributed by atoms with Gasteiger partial charge in [-0.3, -0.25) is 0 Å². The van der Waals surface area contributed by atoms with Crippen LogP contribution in [0.3, 0.4) is 0 Å². The number of rotatable bonds is 7. The van der Waals surface area contributed by atoms with E-state index in [-0.39, 0.29) is 0 Å². The number of hydrogen-bond acceptors (Lipinski definition) is 1. The third kappa shape index (κ3) is 5.93. The first kappa shape index (κ1) is 17.3. The summed E-state index contributed by atoms with van der Waals surface area (Å²) >= 11 is 0. The molecule has 0 aromatic heterocycles. The Morgan fingerprint density at radius 1 is 0.952 bits per heavy atom. The minimum atomic E-state index is 0.803. The second kappa shape index (κ2) is 9.18. The van der Waals surface area contributed by atoms with Crippen LogP contribution in [0.25, 0.3) is 0 Å². The van der Waals surface area contributed by atoms with E-state index in [9.17, 15) is 0 Å². The SMILES string of the molecule is CCCNC(CCC1CCCCC1)C1CC(C)CC(C)C1. The Labute approximate surface area is 133 Å². The molecule has 0 aliphatic heterocycles. The van der Waals surface area contributed by atoms with Crippen molar-refractivity contribution >= 4 is 0 Å². The Balaban J connectivity index is 1.83. The lowest BCUT2D eigenvalue weighted by Crippen LogP contribution is -2.40. The molecule has 1 nitrogen and oxygen atoms in total. The highest BCUT2D eigenvalue weighted by Crippen LogP contribution is 2.37. The lowest BCUT2D eigenvalue weighted by atomic mass is 9.72. The molecule has 0 bridgehead atoms. The van der Waals surface area contributed by atoms with Crippen molar-refractivity contribution in [2.24, 2.45) is 23.7 Å². The normalized spacial score (nSPS) is 33.0. The highest BCUT2D eigenvalue weighted by Gasteiger charge is 2.30. The summed E-state index contributed by atoms with van der Waals surface area (Å²) < 4.78 is 0. The molecule has 2 aliphatic rings. The zero-order chi connectivity index (χ0) is 15.1. The van der Waals surface area contributed by atoms with E-state index in [4.69, 9.17) is 0 Å². The fourth-order valence-electron chi connectivity index (χ4n) is 5.06. The van der Waals surface area contributed by atoms with Gasteiger partial charge in [-0.05, 0) is 68.7 Å². The molecule has 2 fully saturated rings. The fraction of sp³-hybridized carbons (Fsp3) is 1.00. The average Bonchev–Trinajstić information content (AvgIpc) is 2.47. The highest BCUT2D eigenvalue weighted by molar-refractivity contribution is 4.84. The second-order valence-electron chi connectivity index (χ2n) is 8.32. The van der Waals surface area contributed by atoms with Crippen molar-refractivity contribution in [3.8, 4) is 0 Å². The van der Waals surface area contributed by atoms with Crippen molar-refractivity contribution in [2.75, 3.05) is 6.54 Å². The predicted octanol–water partition coefficient (Wildman–Crippen LogP) is 5.79. The van der Waals surface area contributed by atoms with Gasteiger partial charge in [-0.25, -0.2) is 0 Å². The first-order valence-electron chi connectivity index (χ1n) is 9.92. The Hall–Kier alpha value is -0.0400. The van der Waals surface area contributed by atoms with Crippen LogP contribution in [-0.4, -0.2) is 12.6 Å². The predicted molar refractivity (Wildman–Crippen MR) is 93.6 cm³/mol. The van der Waals surface area contributed by atoms with Crippen molar-refractivity contribution in [1.82, 2.24) is 5.32 Å². The summed E-state index contributed by atoms with van der Waals surface area (Å²) in [5.74, 6) is 3.88. The molecule has 0 aromatic carbocycles. The van der Waals surface area contributed by atoms with Crippen molar-refractivity contribution in [1.29, 1.82) is 0 Å². The maximum absolute atomic E-state index is 3.92. The fourth-order valence-corrected chi connectivity index (χ4v) is 5.06. The average molecular weight is 294 g/mol. The van der Waals surface area contributed by atoms with Gasteiger partial charge in [0.1, 0.15) is 0 Å². The largest absolute Gasteiger partial charge is 0.314 e. The molecule has 2 rings (SSSR count). The van der Waals surface area contributed by atoms with Crippen molar-refractivity contribution in [3.63, 3.8) is 0 Å². The summed E-state index contributed by atoms with van der Waals surface area (Å²) in [6.45, 7) is 8.47. The summed E-state index contributed by atoms with van der Waals surface area (Å²) in [4.78, 5) is 0. The lowest BCUT2D eigenvalue weighted by Gasteiger charge is -2.38. The second-order valence-corrected chi connectivity index (χ2v) is 8.32. The van der Waals surface area contributed by atoms with Gasteiger partial charge >= 0.3 is 0 Å². The van der Waals surface area contributed by atoms with Gasteiger partial charge < -0.3 is 5.32 Å². The van der Waals surface area contributed by atoms with Crippen LogP contribution in [0.1, 0.15) is 91.4 Å². The summed E-state index contributed by atoms with van der Waals surface area (Å²) in [5, 5.41) is 3.92. The van der Waals surface area contributed by atoms with Gasteiger partial charge in [0.2, 0.25) is 0 Å². The first-order chi connectivity index (χ1) is 10.2. The molecule has 1 N–H and O–H groups in total. The van der Waals surface area contributed by atoms with E-state index in [0.29, 0.717) is 0 Å². The van der Waals surface area contributed by atoms with Crippen molar-refractivity contribution in [3.05, 3.63) is 0 Å². The van der Waals surface area contributed by atoms with Gasteiger partial charge in [0, 0.05) is 6.04 Å². The van der Waals surface area contributed by atoms with Crippen LogP contribution in [0.2, 0.25) is 0 Å². The zero-order valence-corrected chi connectivity index (χ0v) is 14.9. The lowest BCUT2D eigenvalue weighted by molar-refractivity contribution is 0.163. The van der Waals surface area contributed by atoms with Crippen LogP contribution >= 0.6 is 0 Å².